The van der Waals surface area contributed by atoms with Crippen molar-refractivity contribution < 1.29 is 14.3 Å². The second-order valence-corrected chi connectivity index (χ2v) is 7.89. The first-order valence-corrected chi connectivity index (χ1v) is 10.8. The Labute approximate surface area is 192 Å². The third-order valence-electron chi connectivity index (χ3n) is 5.59. The highest BCUT2D eigenvalue weighted by molar-refractivity contribution is 6.31. The molecule has 166 valence electrons. The van der Waals surface area contributed by atoms with E-state index in [-0.39, 0.29) is 5.91 Å². The predicted molar refractivity (Wildman–Crippen MR) is 125 cm³/mol. The van der Waals surface area contributed by atoms with Gasteiger partial charge in [-0.3, -0.25) is 4.79 Å². The number of hydrogen-bond donors (Lipinski definition) is 0. The lowest BCUT2D eigenvalue weighted by atomic mass is 10.1. The maximum Gasteiger partial charge on any atom is 0.227 e. The van der Waals surface area contributed by atoms with Crippen molar-refractivity contribution in [3.05, 3.63) is 65.2 Å². The van der Waals surface area contributed by atoms with Crippen molar-refractivity contribution in [1.29, 1.82) is 0 Å². The van der Waals surface area contributed by atoms with Crippen LogP contribution < -0.4 is 14.4 Å². The summed E-state index contributed by atoms with van der Waals surface area (Å²) < 4.78 is 10.7. The number of piperazine rings is 1. The van der Waals surface area contributed by atoms with Crippen molar-refractivity contribution in [1.82, 2.24) is 15.1 Å². The zero-order valence-electron chi connectivity index (χ0n) is 18.1. The van der Waals surface area contributed by atoms with Crippen LogP contribution in [0.4, 0.5) is 5.82 Å². The van der Waals surface area contributed by atoms with Crippen LogP contribution in [0.3, 0.4) is 0 Å². The van der Waals surface area contributed by atoms with E-state index in [4.69, 9.17) is 21.1 Å². The molecule has 1 amide bonds. The van der Waals surface area contributed by atoms with Gasteiger partial charge in [-0.05, 0) is 42.0 Å². The first-order valence-electron chi connectivity index (χ1n) is 10.4. The summed E-state index contributed by atoms with van der Waals surface area (Å²) in [5.74, 6) is 2.20. The van der Waals surface area contributed by atoms with Gasteiger partial charge >= 0.3 is 0 Å². The van der Waals surface area contributed by atoms with Gasteiger partial charge < -0.3 is 19.3 Å². The molecule has 1 aliphatic heterocycles. The third-order valence-corrected chi connectivity index (χ3v) is 5.95. The number of methoxy groups -OCH3 is 2. The van der Waals surface area contributed by atoms with E-state index in [9.17, 15) is 4.79 Å². The fourth-order valence-corrected chi connectivity index (χ4v) is 3.95. The maximum absolute atomic E-state index is 12.7. The van der Waals surface area contributed by atoms with E-state index in [0.717, 1.165) is 22.6 Å². The highest BCUT2D eigenvalue weighted by atomic mass is 35.5. The van der Waals surface area contributed by atoms with Gasteiger partial charge in [0.05, 0.1) is 26.3 Å². The largest absolute Gasteiger partial charge is 0.493 e. The summed E-state index contributed by atoms with van der Waals surface area (Å²) in [6.45, 7) is 2.70. The smallest absolute Gasteiger partial charge is 0.227 e. The normalized spacial score (nSPS) is 13.7. The molecule has 0 atom stereocenters. The lowest BCUT2D eigenvalue weighted by Gasteiger charge is -2.35. The number of anilines is 1. The summed E-state index contributed by atoms with van der Waals surface area (Å²) in [7, 11) is 3.21. The number of carbonyl (C=O) groups excluding carboxylic acids is 1. The molecule has 0 aliphatic carbocycles. The molecule has 1 aliphatic rings. The van der Waals surface area contributed by atoms with Crippen LogP contribution in [-0.2, 0) is 11.2 Å². The van der Waals surface area contributed by atoms with Gasteiger partial charge in [0, 0.05) is 36.8 Å². The molecule has 4 rings (SSSR count). The molecule has 2 aromatic carbocycles. The minimum atomic E-state index is 0.0904. The summed E-state index contributed by atoms with van der Waals surface area (Å²) in [6.07, 6.45) is 0.319. The van der Waals surface area contributed by atoms with E-state index in [1.54, 1.807) is 14.2 Å². The molecule has 0 radical (unpaired) electrons. The molecule has 0 N–H and O–H groups in total. The summed E-state index contributed by atoms with van der Waals surface area (Å²) in [4.78, 5) is 16.7. The van der Waals surface area contributed by atoms with Gasteiger partial charge in [-0.2, -0.15) is 0 Å². The van der Waals surface area contributed by atoms with Crippen molar-refractivity contribution in [3.63, 3.8) is 0 Å². The van der Waals surface area contributed by atoms with Crippen LogP contribution in [-0.4, -0.2) is 61.4 Å². The summed E-state index contributed by atoms with van der Waals surface area (Å²) in [5.41, 5.74) is 2.51. The third kappa shape index (κ3) is 4.78. The van der Waals surface area contributed by atoms with Gasteiger partial charge in [-0.25, -0.2) is 0 Å². The number of aromatic nitrogens is 2. The van der Waals surface area contributed by atoms with E-state index in [2.05, 4.69) is 15.1 Å². The van der Waals surface area contributed by atoms with E-state index in [0.29, 0.717) is 49.1 Å². The first-order chi connectivity index (χ1) is 15.6. The number of carbonyl (C=O) groups is 1. The lowest BCUT2D eigenvalue weighted by Crippen LogP contribution is -2.49. The molecule has 1 saturated heterocycles. The highest BCUT2D eigenvalue weighted by Crippen LogP contribution is 2.31. The second kappa shape index (κ2) is 9.87. The molecule has 7 nitrogen and oxygen atoms in total. The van der Waals surface area contributed by atoms with Crippen LogP contribution in [0.5, 0.6) is 11.5 Å². The van der Waals surface area contributed by atoms with Gasteiger partial charge in [-0.1, -0.05) is 29.8 Å². The van der Waals surface area contributed by atoms with Crippen LogP contribution in [0, 0.1) is 0 Å². The number of nitrogens with zero attached hydrogens (tertiary/aromatic N) is 4. The van der Waals surface area contributed by atoms with E-state index in [1.165, 1.54) is 0 Å². The average molecular weight is 453 g/mol. The number of ether oxygens (including phenoxy) is 2. The van der Waals surface area contributed by atoms with E-state index < -0.39 is 0 Å². The Morgan fingerprint density at radius 3 is 2.34 bits per heavy atom. The van der Waals surface area contributed by atoms with Gasteiger partial charge in [-0.15, -0.1) is 10.2 Å². The Kier molecular flexibility index (Phi) is 6.75. The zero-order chi connectivity index (χ0) is 22.5. The molecule has 0 spiro atoms. The molecule has 8 heteroatoms. The van der Waals surface area contributed by atoms with Crippen LogP contribution in [0.1, 0.15) is 5.56 Å². The lowest BCUT2D eigenvalue weighted by molar-refractivity contribution is -0.130. The quantitative estimate of drug-likeness (QED) is 0.568. The van der Waals surface area contributed by atoms with Crippen LogP contribution in [0.25, 0.3) is 11.3 Å². The molecule has 0 bridgehead atoms. The van der Waals surface area contributed by atoms with Gasteiger partial charge in [0.2, 0.25) is 5.91 Å². The van der Waals surface area contributed by atoms with Crippen molar-refractivity contribution in [3.8, 4) is 22.8 Å². The second-order valence-electron chi connectivity index (χ2n) is 7.48. The topological polar surface area (TPSA) is 67.8 Å². The summed E-state index contributed by atoms with van der Waals surface area (Å²) in [6, 6.07) is 17.0. The SMILES string of the molecule is COc1ccc(-c2ccc(N3CCN(C(=O)Cc4ccccc4Cl)CC3)nn2)cc1OC. The van der Waals surface area contributed by atoms with E-state index >= 15 is 0 Å². The molecule has 3 aromatic rings. The summed E-state index contributed by atoms with van der Waals surface area (Å²) >= 11 is 6.19. The highest BCUT2D eigenvalue weighted by Gasteiger charge is 2.23. The molecule has 2 heterocycles. The molecule has 1 fully saturated rings. The van der Waals surface area contributed by atoms with Crippen LogP contribution in [0.15, 0.2) is 54.6 Å². The Bertz CT molecular complexity index is 1080. The Morgan fingerprint density at radius 2 is 1.69 bits per heavy atom. The number of amides is 1. The fraction of sp³-hybridized carbons (Fsp3) is 0.292. The Morgan fingerprint density at radius 1 is 0.938 bits per heavy atom. The number of hydrogen-bond acceptors (Lipinski definition) is 6. The minimum absolute atomic E-state index is 0.0904. The molecular weight excluding hydrogens is 428 g/mol. The molecule has 0 unspecified atom stereocenters. The summed E-state index contributed by atoms with van der Waals surface area (Å²) in [5, 5.41) is 9.43. The molecule has 32 heavy (non-hydrogen) atoms. The first kappa shape index (κ1) is 21.9. The average Bonchev–Trinajstić information content (AvgIpc) is 2.85. The number of halogens is 1. The number of benzene rings is 2. The molecule has 0 saturated carbocycles. The van der Waals surface area contributed by atoms with Crippen molar-refractivity contribution in [2.45, 2.75) is 6.42 Å². The minimum Gasteiger partial charge on any atom is -0.493 e. The van der Waals surface area contributed by atoms with E-state index in [1.807, 2.05) is 59.5 Å². The standard InChI is InChI=1S/C24H25ClN4O3/c1-31-21-9-7-18(15-22(21)32-2)20-8-10-23(27-26-20)28-11-13-29(14-12-28)24(30)16-17-5-3-4-6-19(17)25/h3-10,15H,11-14,16H2,1-2H3. The van der Waals surface area contributed by atoms with Crippen LogP contribution in [0.2, 0.25) is 5.02 Å². The Hall–Kier alpha value is -3.32. The molecular formula is C24H25ClN4O3. The van der Waals surface area contributed by atoms with Gasteiger partial charge in [0.1, 0.15) is 0 Å². The van der Waals surface area contributed by atoms with Gasteiger partial charge in [0.15, 0.2) is 17.3 Å². The predicted octanol–water partition coefficient (Wildman–Crippen LogP) is 3.71. The molecule has 1 aromatic heterocycles. The van der Waals surface area contributed by atoms with Gasteiger partial charge in [0.25, 0.3) is 0 Å². The van der Waals surface area contributed by atoms with Crippen molar-refractivity contribution in [2.75, 3.05) is 45.3 Å². The van der Waals surface area contributed by atoms with Crippen molar-refractivity contribution in [2.24, 2.45) is 0 Å². The fourth-order valence-electron chi connectivity index (χ4n) is 3.74. The maximum atomic E-state index is 12.7. The number of rotatable bonds is 6. The van der Waals surface area contributed by atoms with Crippen molar-refractivity contribution >= 4 is 23.3 Å². The Balaban J connectivity index is 1.37. The monoisotopic (exact) mass is 452 g/mol. The zero-order valence-corrected chi connectivity index (χ0v) is 18.9. The van der Waals surface area contributed by atoms with Crippen LogP contribution >= 0.6 is 11.6 Å².